The van der Waals surface area contributed by atoms with Crippen LogP contribution in [0, 0.1) is 0 Å². The zero-order valence-electron chi connectivity index (χ0n) is 13.9. The number of allylic oxidation sites excluding steroid dienone is 2. The van der Waals surface area contributed by atoms with Crippen LogP contribution < -0.4 is 0 Å². The molecule has 21 heavy (non-hydrogen) atoms. The van der Waals surface area contributed by atoms with E-state index in [0.29, 0.717) is 6.04 Å². The summed E-state index contributed by atoms with van der Waals surface area (Å²) in [6.45, 7) is 0. The molecule has 3 rings (SSSR count). The standard InChI is InChI=1S/C19H32NP/c1-20(2)18-14-9-15-19(18)21(16-10-5-3-6-11-16)17-12-7-4-8-13-17/h9,14-18H,3-8,10-13H2,1-2H3. The van der Waals surface area contributed by atoms with Gasteiger partial charge in [0, 0.05) is 0 Å². The molecule has 0 bridgehead atoms. The van der Waals surface area contributed by atoms with Crippen molar-refractivity contribution in [2.75, 3.05) is 14.1 Å². The van der Waals surface area contributed by atoms with Gasteiger partial charge in [-0.05, 0) is 56.4 Å². The number of likely N-dealkylation sites (N-methyl/N-ethyl adjacent to an activating group) is 1. The van der Waals surface area contributed by atoms with Crippen molar-refractivity contribution in [3.8, 4) is 0 Å². The van der Waals surface area contributed by atoms with Crippen LogP contribution in [-0.4, -0.2) is 36.4 Å². The Morgan fingerprint density at radius 1 is 0.857 bits per heavy atom. The van der Waals surface area contributed by atoms with Crippen LogP contribution in [0.4, 0.5) is 0 Å². The lowest BCUT2D eigenvalue weighted by molar-refractivity contribution is 0.388. The molecule has 1 atom stereocenters. The molecule has 3 aliphatic carbocycles. The number of hydrogen-bond donors (Lipinski definition) is 0. The lowest BCUT2D eigenvalue weighted by atomic mass is 9.99. The van der Waals surface area contributed by atoms with Gasteiger partial charge in [0.1, 0.15) is 0 Å². The summed E-state index contributed by atoms with van der Waals surface area (Å²) in [5.74, 6) is 0. The van der Waals surface area contributed by atoms with Gasteiger partial charge >= 0.3 is 0 Å². The molecule has 0 spiro atoms. The first kappa shape index (κ1) is 15.8. The molecule has 0 aromatic rings. The molecule has 0 N–H and O–H groups in total. The van der Waals surface area contributed by atoms with Crippen LogP contribution in [-0.2, 0) is 0 Å². The van der Waals surface area contributed by atoms with Crippen molar-refractivity contribution >= 4 is 7.92 Å². The van der Waals surface area contributed by atoms with Crippen molar-refractivity contribution in [1.29, 1.82) is 0 Å². The van der Waals surface area contributed by atoms with Crippen LogP contribution in [0.25, 0.3) is 0 Å². The Labute approximate surface area is 132 Å². The molecule has 3 aliphatic rings. The Bertz CT molecular complexity index is 368. The van der Waals surface area contributed by atoms with Crippen molar-refractivity contribution < 1.29 is 0 Å². The van der Waals surface area contributed by atoms with E-state index in [9.17, 15) is 0 Å². The first-order chi connectivity index (χ1) is 10.3. The zero-order valence-corrected chi connectivity index (χ0v) is 14.8. The van der Waals surface area contributed by atoms with Crippen molar-refractivity contribution in [3.05, 3.63) is 23.5 Å². The lowest BCUT2D eigenvalue weighted by Crippen LogP contribution is -2.30. The lowest BCUT2D eigenvalue weighted by Gasteiger charge is -2.42. The highest BCUT2D eigenvalue weighted by Crippen LogP contribution is 2.62. The fourth-order valence-electron chi connectivity index (χ4n) is 4.57. The minimum atomic E-state index is 0.0871. The highest BCUT2D eigenvalue weighted by atomic mass is 31.1. The van der Waals surface area contributed by atoms with Crippen molar-refractivity contribution in [2.45, 2.75) is 81.6 Å². The molecule has 118 valence electrons. The third-order valence-corrected chi connectivity index (χ3v) is 9.27. The van der Waals surface area contributed by atoms with Crippen molar-refractivity contribution in [2.24, 2.45) is 0 Å². The summed E-state index contributed by atoms with van der Waals surface area (Å²) >= 11 is 0. The smallest absolute Gasteiger partial charge is 0.0534 e. The first-order valence-corrected chi connectivity index (χ1v) is 10.6. The predicted molar refractivity (Wildman–Crippen MR) is 95.4 cm³/mol. The minimum Gasteiger partial charge on any atom is -0.299 e. The van der Waals surface area contributed by atoms with Gasteiger partial charge in [-0.2, -0.15) is 0 Å². The summed E-state index contributed by atoms with van der Waals surface area (Å²) in [5, 5.41) is 1.81. The van der Waals surface area contributed by atoms with E-state index in [1.54, 1.807) is 0 Å². The molecule has 2 heteroatoms. The molecule has 0 heterocycles. The molecule has 0 aromatic carbocycles. The molecule has 2 saturated carbocycles. The summed E-state index contributed by atoms with van der Waals surface area (Å²) in [5.41, 5.74) is 2.07. The molecule has 0 amide bonds. The predicted octanol–water partition coefficient (Wildman–Crippen LogP) is 5.52. The van der Waals surface area contributed by atoms with Crippen LogP contribution in [0.3, 0.4) is 0 Å². The molecule has 0 saturated heterocycles. The zero-order chi connectivity index (χ0) is 14.7. The fourth-order valence-corrected chi connectivity index (χ4v) is 8.73. The van der Waals surface area contributed by atoms with Gasteiger partial charge in [-0.1, -0.05) is 64.7 Å². The Balaban J connectivity index is 1.81. The molecule has 1 nitrogen and oxygen atoms in total. The van der Waals surface area contributed by atoms with Gasteiger partial charge in [-0.15, -0.1) is 0 Å². The summed E-state index contributed by atoms with van der Waals surface area (Å²) < 4.78 is 0. The third kappa shape index (κ3) is 3.62. The normalized spacial score (nSPS) is 28.6. The van der Waals surface area contributed by atoms with Crippen molar-refractivity contribution in [1.82, 2.24) is 4.90 Å². The summed E-state index contributed by atoms with van der Waals surface area (Å²) in [6.07, 6.45) is 22.2. The summed E-state index contributed by atoms with van der Waals surface area (Å²) in [7, 11) is 4.59. The SMILES string of the molecule is CN(C)C1C=CC=C1P(C1CCCCC1)C1CCCCC1. The van der Waals surface area contributed by atoms with E-state index in [1.807, 2.05) is 5.31 Å². The van der Waals surface area contributed by atoms with Gasteiger partial charge in [0.15, 0.2) is 0 Å². The van der Waals surface area contributed by atoms with Crippen LogP contribution >= 0.6 is 7.92 Å². The Morgan fingerprint density at radius 3 is 1.86 bits per heavy atom. The van der Waals surface area contributed by atoms with E-state index in [1.165, 1.54) is 64.2 Å². The van der Waals surface area contributed by atoms with Gasteiger partial charge < -0.3 is 0 Å². The molecule has 1 unspecified atom stereocenters. The molecule has 0 aromatic heterocycles. The second kappa shape index (κ2) is 7.42. The van der Waals surface area contributed by atoms with Crippen LogP contribution in [0.15, 0.2) is 23.5 Å². The van der Waals surface area contributed by atoms with Gasteiger partial charge in [-0.3, -0.25) is 4.90 Å². The summed E-state index contributed by atoms with van der Waals surface area (Å²) in [6, 6.07) is 0.597. The van der Waals surface area contributed by atoms with E-state index in [4.69, 9.17) is 0 Å². The highest BCUT2D eigenvalue weighted by molar-refractivity contribution is 7.63. The second-order valence-corrected chi connectivity index (χ2v) is 10.2. The fraction of sp³-hybridized carbons (Fsp3) is 0.789. The quantitative estimate of drug-likeness (QED) is 0.618. The van der Waals surface area contributed by atoms with Gasteiger partial charge in [0.25, 0.3) is 0 Å². The molecular formula is C19H32NP. The Morgan fingerprint density at radius 2 is 1.38 bits per heavy atom. The van der Waals surface area contributed by atoms with Gasteiger partial charge in [0.05, 0.1) is 6.04 Å². The topological polar surface area (TPSA) is 3.24 Å². The van der Waals surface area contributed by atoms with Gasteiger partial charge in [0.2, 0.25) is 0 Å². The van der Waals surface area contributed by atoms with E-state index >= 15 is 0 Å². The Hall–Kier alpha value is -0.130. The average Bonchev–Trinajstić information content (AvgIpc) is 2.99. The number of nitrogens with zero attached hydrogens (tertiary/aromatic N) is 1. The van der Waals surface area contributed by atoms with Gasteiger partial charge in [-0.25, -0.2) is 0 Å². The second-order valence-electron chi connectivity index (χ2n) is 7.38. The first-order valence-electron chi connectivity index (χ1n) is 9.10. The largest absolute Gasteiger partial charge is 0.299 e. The molecule has 0 aliphatic heterocycles. The van der Waals surface area contributed by atoms with E-state index in [2.05, 4.69) is 37.2 Å². The third-order valence-electron chi connectivity index (χ3n) is 5.65. The van der Waals surface area contributed by atoms with Crippen LogP contribution in [0.1, 0.15) is 64.2 Å². The monoisotopic (exact) mass is 305 g/mol. The van der Waals surface area contributed by atoms with Crippen molar-refractivity contribution in [3.63, 3.8) is 0 Å². The van der Waals surface area contributed by atoms with Crippen LogP contribution in [0.2, 0.25) is 0 Å². The number of hydrogen-bond acceptors (Lipinski definition) is 1. The summed E-state index contributed by atoms with van der Waals surface area (Å²) in [4.78, 5) is 2.43. The van der Waals surface area contributed by atoms with E-state index in [0.717, 1.165) is 11.3 Å². The maximum Gasteiger partial charge on any atom is 0.0534 e. The molecule has 0 radical (unpaired) electrons. The molecular weight excluding hydrogens is 273 g/mol. The highest BCUT2D eigenvalue weighted by Gasteiger charge is 2.36. The number of rotatable bonds is 4. The molecule has 2 fully saturated rings. The Kier molecular flexibility index (Phi) is 5.57. The minimum absolute atomic E-state index is 0.0871. The average molecular weight is 305 g/mol. The maximum absolute atomic E-state index is 2.50. The van der Waals surface area contributed by atoms with E-state index in [-0.39, 0.29) is 7.92 Å². The maximum atomic E-state index is 2.50. The van der Waals surface area contributed by atoms with E-state index < -0.39 is 0 Å². The van der Waals surface area contributed by atoms with Crippen LogP contribution in [0.5, 0.6) is 0 Å².